The third-order valence-electron chi connectivity index (χ3n) is 9.16. The number of epoxide rings is 2. The molecule has 4 aromatic carbocycles. The van der Waals surface area contributed by atoms with Crippen molar-refractivity contribution in [3.63, 3.8) is 0 Å². The first-order valence-electron chi connectivity index (χ1n) is 17.2. The number of benzene rings is 4. The average Bonchev–Trinajstić information content (AvgIpc) is 3.95. The summed E-state index contributed by atoms with van der Waals surface area (Å²) in [5.41, 5.74) is 13.8. The number of hydrogen-bond acceptors (Lipinski definition) is 6. The average molecular weight is 651 g/mol. The normalized spacial score (nSPS) is 17.2. The van der Waals surface area contributed by atoms with Gasteiger partial charge in [-0.2, -0.15) is 0 Å². The van der Waals surface area contributed by atoms with Crippen molar-refractivity contribution in [2.45, 2.75) is 74.5 Å². The second kappa shape index (κ2) is 14.2. The molecule has 0 bridgehead atoms. The van der Waals surface area contributed by atoms with Gasteiger partial charge in [0.2, 0.25) is 0 Å². The van der Waals surface area contributed by atoms with Crippen LogP contribution in [-0.4, -0.2) is 51.8 Å². The highest BCUT2D eigenvalue weighted by Gasteiger charge is 2.25. The Bertz CT molecular complexity index is 1580. The zero-order valence-corrected chi connectivity index (χ0v) is 30.0. The Morgan fingerprint density at radius 3 is 0.917 bits per heavy atom. The van der Waals surface area contributed by atoms with Gasteiger partial charge in [-0.1, -0.05) is 6.92 Å². The van der Waals surface area contributed by atoms with Crippen molar-refractivity contribution in [3.05, 3.63) is 93.0 Å². The lowest BCUT2D eigenvalue weighted by Crippen LogP contribution is -2.18. The predicted octanol–water partition coefficient (Wildman–Crippen LogP) is 9.14. The van der Waals surface area contributed by atoms with Gasteiger partial charge in [-0.25, -0.2) is 0 Å². The smallest absolute Gasteiger partial charge is 0.125 e. The molecule has 2 aliphatic heterocycles. The summed E-state index contributed by atoms with van der Waals surface area (Å²) < 4.78 is 35.5. The Balaban J connectivity index is 1.06. The summed E-state index contributed by atoms with van der Waals surface area (Å²) in [5.74, 6) is 4.02. The molecule has 6 rings (SSSR count). The minimum atomic E-state index is 0.208. The maximum atomic E-state index is 6.41. The Kier molecular flexibility index (Phi) is 10.0. The minimum absolute atomic E-state index is 0.208. The van der Waals surface area contributed by atoms with E-state index in [0.29, 0.717) is 26.4 Å². The van der Waals surface area contributed by atoms with E-state index in [1.807, 2.05) is 0 Å². The number of aryl methyl sites for hydroxylation is 8. The molecule has 0 aromatic heterocycles. The van der Waals surface area contributed by atoms with Crippen LogP contribution < -0.4 is 18.9 Å². The Labute approximate surface area is 286 Å². The minimum Gasteiger partial charge on any atom is -0.493 e. The molecule has 0 saturated carbocycles. The van der Waals surface area contributed by atoms with Gasteiger partial charge in [0.1, 0.15) is 48.4 Å². The molecule has 0 amide bonds. The maximum Gasteiger partial charge on any atom is 0.125 e. The standard InChI is InChI=1S/C42H50O6/c1-24(18-45-39-25(2)10-33(11-26(39)3)35-14-29(6)41(30(7)15-35)47-22-37-20-43-37)19-46-40-27(4)12-34(13-28(40)5)36-16-31(8)42(32(9)17-36)48-23-38-21-44-38/h10-17,24,37-38H,18-23H2,1-9H3. The fraction of sp³-hybridized carbons (Fsp3) is 0.429. The van der Waals surface area contributed by atoms with E-state index in [2.05, 4.69) is 111 Å². The van der Waals surface area contributed by atoms with Gasteiger partial charge in [-0.15, -0.1) is 0 Å². The first-order valence-corrected chi connectivity index (χ1v) is 17.2. The van der Waals surface area contributed by atoms with Crippen LogP contribution in [0, 0.1) is 61.3 Å². The molecule has 2 saturated heterocycles. The molecule has 2 fully saturated rings. The van der Waals surface area contributed by atoms with Crippen molar-refractivity contribution in [2.24, 2.45) is 5.92 Å². The lowest BCUT2D eigenvalue weighted by Gasteiger charge is -2.20. The van der Waals surface area contributed by atoms with E-state index in [0.717, 1.165) is 80.7 Å². The van der Waals surface area contributed by atoms with E-state index in [1.54, 1.807) is 0 Å². The fourth-order valence-corrected chi connectivity index (χ4v) is 6.56. The molecule has 254 valence electrons. The van der Waals surface area contributed by atoms with Crippen LogP contribution in [0.5, 0.6) is 23.0 Å². The molecule has 4 aromatic rings. The number of hydrogen-bond donors (Lipinski definition) is 0. The van der Waals surface area contributed by atoms with Gasteiger partial charge < -0.3 is 28.4 Å². The highest BCUT2D eigenvalue weighted by molar-refractivity contribution is 5.71. The summed E-state index contributed by atoms with van der Waals surface area (Å²) in [4.78, 5) is 0. The van der Waals surface area contributed by atoms with Crippen LogP contribution in [0.4, 0.5) is 0 Å². The summed E-state index contributed by atoms with van der Waals surface area (Å²) in [6, 6.07) is 17.7. The number of rotatable bonds is 14. The highest BCUT2D eigenvalue weighted by atomic mass is 16.6. The Morgan fingerprint density at radius 2 is 0.688 bits per heavy atom. The summed E-state index contributed by atoms with van der Waals surface area (Å²) in [6.45, 7) is 23.1. The summed E-state index contributed by atoms with van der Waals surface area (Å²) in [7, 11) is 0. The lowest BCUT2D eigenvalue weighted by atomic mass is 9.96. The van der Waals surface area contributed by atoms with Crippen LogP contribution in [0.2, 0.25) is 0 Å². The van der Waals surface area contributed by atoms with Crippen molar-refractivity contribution in [1.82, 2.24) is 0 Å². The zero-order chi connectivity index (χ0) is 34.1. The molecule has 0 N–H and O–H groups in total. The van der Waals surface area contributed by atoms with Gasteiger partial charge in [0.05, 0.1) is 26.4 Å². The Morgan fingerprint density at radius 1 is 0.458 bits per heavy atom. The van der Waals surface area contributed by atoms with E-state index in [1.165, 1.54) is 22.3 Å². The van der Waals surface area contributed by atoms with Crippen LogP contribution in [0.3, 0.4) is 0 Å². The van der Waals surface area contributed by atoms with Gasteiger partial charge in [-0.05, 0) is 171 Å². The lowest BCUT2D eigenvalue weighted by molar-refractivity contribution is 0.185. The third-order valence-corrected chi connectivity index (χ3v) is 9.16. The topological polar surface area (TPSA) is 62.0 Å². The van der Waals surface area contributed by atoms with Crippen molar-refractivity contribution in [3.8, 4) is 45.3 Å². The SMILES string of the molecule is Cc1cc(-c2cc(C)c(OCC3CO3)c(C)c2)cc(C)c1OCC(C)COc1c(C)cc(-c2cc(C)c(OCC3CO3)c(C)c2)cc1C. The predicted molar refractivity (Wildman–Crippen MR) is 192 cm³/mol. The zero-order valence-electron chi connectivity index (χ0n) is 30.0. The molecular formula is C42H50O6. The quantitative estimate of drug-likeness (QED) is 0.127. The molecule has 0 spiro atoms. The van der Waals surface area contributed by atoms with Crippen molar-refractivity contribution in [1.29, 1.82) is 0 Å². The van der Waals surface area contributed by atoms with E-state index < -0.39 is 0 Å². The summed E-state index contributed by atoms with van der Waals surface area (Å²) >= 11 is 0. The van der Waals surface area contributed by atoms with E-state index >= 15 is 0 Å². The van der Waals surface area contributed by atoms with E-state index in [4.69, 9.17) is 28.4 Å². The number of ether oxygens (including phenoxy) is 6. The molecule has 2 atom stereocenters. The van der Waals surface area contributed by atoms with Crippen molar-refractivity contribution < 1.29 is 28.4 Å². The van der Waals surface area contributed by atoms with Crippen LogP contribution in [0.15, 0.2) is 48.5 Å². The van der Waals surface area contributed by atoms with Gasteiger partial charge in [0.25, 0.3) is 0 Å². The second-order valence-electron chi connectivity index (χ2n) is 14.0. The molecule has 2 aliphatic rings. The maximum absolute atomic E-state index is 6.41. The summed E-state index contributed by atoms with van der Waals surface area (Å²) in [6.07, 6.45) is 0.486. The van der Waals surface area contributed by atoms with Crippen LogP contribution in [0.1, 0.15) is 51.4 Å². The first kappa shape index (κ1) is 33.9. The monoisotopic (exact) mass is 650 g/mol. The molecule has 48 heavy (non-hydrogen) atoms. The van der Waals surface area contributed by atoms with Gasteiger partial charge >= 0.3 is 0 Å². The van der Waals surface area contributed by atoms with E-state index in [-0.39, 0.29) is 18.1 Å². The van der Waals surface area contributed by atoms with Gasteiger partial charge in [0, 0.05) is 5.92 Å². The van der Waals surface area contributed by atoms with Crippen molar-refractivity contribution in [2.75, 3.05) is 39.6 Å². The van der Waals surface area contributed by atoms with Crippen LogP contribution in [-0.2, 0) is 9.47 Å². The van der Waals surface area contributed by atoms with Crippen LogP contribution >= 0.6 is 0 Å². The fourth-order valence-electron chi connectivity index (χ4n) is 6.56. The highest BCUT2D eigenvalue weighted by Crippen LogP contribution is 2.36. The van der Waals surface area contributed by atoms with Gasteiger partial charge in [0.15, 0.2) is 0 Å². The molecule has 2 heterocycles. The molecule has 0 aliphatic carbocycles. The first-order chi connectivity index (χ1) is 23.0. The second-order valence-corrected chi connectivity index (χ2v) is 14.0. The molecular weight excluding hydrogens is 600 g/mol. The summed E-state index contributed by atoms with van der Waals surface area (Å²) in [5, 5.41) is 0. The molecule has 6 nitrogen and oxygen atoms in total. The Hall–Kier alpha value is -4.00. The van der Waals surface area contributed by atoms with Gasteiger partial charge in [-0.3, -0.25) is 0 Å². The third kappa shape index (κ3) is 7.99. The molecule has 6 heteroatoms. The largest absolute Gasteiger partial charge is 0.493 e. The molecule has 0 radical (unpaired) electrons. The molecule has 2 unspecified atom stereocenters. The van der Waals surface area contributed by atoms with Crippen molar-refractivity contribution >= 4 is 0 Å². The van der Waals surface area contributed by atoms with E-state index in [9.17, 15) is 0 Å². The van der Waals surface area contributed by atoms with Crippen LogP contribution in [0.25, 0.3) is 22.3 Å².